The molecule has 1 aliphatic heterocycles. The minimum atomic E-state index is 0.768. The van der Waals surface area contributed by atoms with E-state index in [0.717, 1.165) is 18.3 Å². The Labute approximate surface area is 93.2 Å². The van der Waals surface area contributed by atoms with Gasteiger partial charge in [-0.1, -0.05) is 13.8 Å². The molecule has 0 spiro atoms. The fraction of sp³-hybridized carbons (Fsp3) is 1.00. The molecule has 1 saturated heterocycles. The van der Waals surface area contributed by atoms with Crippen LogP contribution in [0.5, 0.6) is 0 Å². The summed E-state index contributed by atoms with van der Waals surface area (Å²) in [6.07, 6.45) is 1.30. The van der Waals surface area contributed by atoms with Gasteiger partial charge < -0.3 is 9.80 Å². The summed E-state index contributed by atoms with van der Waals surface area (Å²) >= 11 is 5.75. The fourth-order valence-electron chi connectivity index (χ4n) is 2.07. The molecule has 0 saturated carbocycles. The van der Waals surface area contributed by atoms with Crippen LogP contribution in [-0.2, 0) is 0 Å². The monoisotopic (exact) mass is 218 g/mol. The zero-order valence-corrected chi connectivity index (χ0v) is 10.3. The SMILES string of the molecule is CC(C)CN1CCCN(CCCl)CC1. The Bertz CT molecular complexity index is 150. The molecule has 1 aliphatic rings. The van der Waals surface area contributed by atoms with Crippen molar-refractivity contribution < 1.29 is 0 Å². The van der Waals surface area contributed by atoms with Crippen molar-refractivity contribution in [1.29, 1.82) is 0 Å². The maximum atomic E-state index is 5.75. The zero-order valence-electron chi connectivity index (χ0n) is 9.51. The van der Waals surface area contributed by atoms with Crippen molar-refractivity contribution in [1.82, 2.24) is 9.80 Å². The molecule has 0 N–H and O–H groups in total. The van der Waals surface area contributed by atoms with Gasteiger partial charge in [-0.3, -0.25) is 0 Å². The second kappa shape index (κ2) is 6.65. The predicted molar refractivity (Wildman–Crippen MR) is 63.1 cm³/mol. The highest BCUT2D eigenvalue weighted by atomic mass is 35.5. The van der Waals surface area contributed by atoms with Crippen molar-refractivity contribution in [3.05, 3.63) is 0 Å². The second-order valence-electron chi connectivity index (χ2n) is 4.58. The van der Waals surface area contributed by atoms with E-state index in [1.54, 1.807) is 0 Å². The number of rotatable bonds is 4. The van der Waals surface area contributed by atoms with E-state index in [0.29, 0.717) is 0 Å². The van der Waals surface area contributed by atoms with Crippen LogP contribution in [0.2, 0.25) is 0 Å². The quantitative estimate of drug-likeness (QED) is 0.665. The van der Waals surface area contributed by atoms with Crippen LogP contribution in [0, 0.1) is 5.92 Å². The van der Waals surface area contributed by atoms with Gasteiger partial charge in [0.05, 0.1) is 0 Å². The largest absolute Gasteiger partial charge is 0.302 e. The normalized spacial score (nSPS) is 21.4. The van der Waals surface area contributed by atoms with Crippen molar-refractivity contribution in [2.24, 2.45) is 5.92 Å². The lowest BCUT2D eigenvalue weighted by atomic mass is 10.2. The van der Waals surface area contributed by atoms with Crippen LogP contribution < -0.4 is 0 Å². The Hall–Kier alpha value is 0.210. The first-order valence-electron chi connectivity index (χ1n) is 5.73. The summed E-state index contributed by atoms with van der Waals surface area (Å²) in [6.45, 7) is 11.8. The van der Waals surface area contributed by atoms with Gasteiger partial charge in [-0.2, -0.15) is 0 Å². The first kappa shape index (κ1) is 12.3. The lowest BCUT2D eigenvalue weighted by Crippen LogP contribution is -2.33. The average Bonchev–Trinajstić information content (AvgIpc) is 2.31. The molecule has 0 amide bonds. The van der Waals surface area contributed by atoms with E-state index >= 15 is 0 Å². The summed E-state index contributed by atoms with van der Waals surface area (Å²) in [5.41, 5.74) is 0. The van der Waals surface area contributed by atoms with Crippen LogP contribution in [0.15, 0.2) is 0 Å². The minimum Gasteiger partial charge on any atom is -0.302 e. The number of hydrogen-bond acceptors (Lipinski definition) is 2. The van der Waals surface area contributed by atoms with Gasteiger partial charge in [0.2, 0.25) is 0 Å². The number of nitrogens with zero attached hydrogens (tertiary/aromatic N) is 2. The van der Waals surface area contributed by atoms with E-state index in [1.165, 1.54) is 39.1 Å². The number of hydrogen-bond donors (Lipinski definition) is 0. The standard InChI is InChI=1S/C11H23ClN2/c1-11(2)10-14-6-3-5-13(7-4-12)8-9-14/h11H,3-10H2,1-2H3. The van der Waals surface area contributed by atoms with Crippen molar-refractivity contribution in [2.75, 3.05) is 45.1 Å². The molecule has 0 aliphatic carbocycles. The van der Waals surface area contributed by atoms with E-state index in [4.69, 9.17) is 11.6 Å². The van der Waals surface area contributed by atoms with Gasteiger partial charge in [0, 0.05) is 32.1 Å². The van der Waals surface area contributed by atoms with Gasteiger partial charge in [-0.15, -0.1) is 11.6 Å². The molecule has 0 aromatic rings. The van der Waals surface area contributed by atoms with Gasteiger partial charge in [-0.25, -0.2) is 0 Å². The van der Waals surface area contributed by atoms with E-state index in [1.807, 2.05) is 0 Å². The van der Waals surface area contributed by atoms with Crippen LogP contribution in [0.25, 0.3) is 0 Å². The number of halogens is 1. The summed E-state index contributed by atoms with van der Waals surface area (Å²) < 4.78 is 0. The Morgan fingerprint density at radius 1 is 1.07 bits per heavy atom. The van der Waals surface area contributed by atoms with E-state index < -0.39 is 0 Å². The summed E-state index contributed by atoms with van der Waals surface area (Å²) in [7, 11) is 0. The average molecular weight is 219 g/mol. The Balaban J connectivity index is 2.25. The highest BCUT2D eigenvalue weighted by Gasteiger charge is 2.14. The Morgan fingerprint density at radius 2 is 1.71 bits per heavy atom. The molecule has 84 valence electrons. The van der Waals surface area contributed by atoms with Crippen LogP contribution in [0.1, 0.15) is 20.3 Å². The van der Waals surface area contributed by atoms with Crippen LogP contribution in [-0.4, -0.2) is 54.9 Å². The highest BCUT2D eigenvalue weighted by molar-refractivity contribution is 6.18. The molecule has 0 atom stereocenters. The van der Waals surface area contributed by atoms with Crippen LogP contribution >= 0.6 is 11.6 Å². The highest BCUT2D eigenvalue weighted by Crippen LogP contribution is 2.05. The zero-order chi connectivity index (χ0) is 10.4. The van der Waals surface area contributed by atoms with Gasteiger partial charge >= 0.3 is 0 Å². The molecule has 0 aromatic heterocycles. The lowest BCUT2D eigenvalue weighted by Gasteiger charge is -2.22. The van der Waals surface area contributed by atoms with Crippen molar-refractivity contribution >= 4 is 11.6 Å². The molecule has 1 fully saturated rings. The van der Waals surface area contributed by atoms with Crippen molar-refractivity contribution in [2.45, 2.75) is 20.3 Å². The van der Waals surface area contributed by atoms with Gasteiger partial charge in [0.25, 0.3) is 0 Å². The molecular weight excluding hydrogens is 196 g/mol. The molecule has 1 rings (SSSR count). The topological polar surface area (TPSA) is 6.48 Å². The third-order valence-electron chi connectivity index (χ3n) is 2.71. The van der Waals surface area contributed by atoms with Crippen LogP contribution in [0.3, 0.4) is 0 Å². The maximum absolute atomic E-state index is 5.75. The molecule has 0 aromatic carbocycles. The van der Waals surface area contributed by atoms with Crippen molar-refractivity contribution in [3.8, 4) is 0 Å². The maximum Gasteiger partial charge on any atom is 0.0351 e. The molecule has 0 bridgehead atoms. The Morgan fingerprint density at radius 3 is 2.36 bits per heavy atom. The Kier molecular flexibility index (Phi) is 5.83. The summed E-state index contributed by atoms with van der Waals surface area (Å²) in [5, 5.41) is 0. The fourth-order valence-corrected chi connectivity index (χ4v) is 2.31. The first-order chi connectivity index (χ1) is 6.72. The molecule has 0 radical (unpaired) electrons. The van der Waals surface area contributed by atoms with Crippen molar-refractivity contribution in [3.63, 3.8) is 0 Å². The van der Waals surface area contributed by atoms with E-state index in [2.05, 4.69) is 23.6 Å². The summed E-state index contributed by atoms with van der Waals surface area (Å²) in [6, 6.07) is 0. The predicted octanol–water partition coefficient (Wildman–Crippen LogP) is 1.89. The lowest BCUT2D eigenvalue weighted by molar-refractivity contribution is 0.242. The van der Waals surface area contributed by atoms with E-state index in [-0.39, 0.29) is 0 Å². The molecule has 3 heteroatoms. The third kappa shape index (κ3) is 4.63. The van der Waals surface area contributed by atoms with Gasteiger partial charge in [0.1, 0.15) is 0 Å². The molecule has 1 heterocycles. The first-order valence-corrected chi connectivity index (χ1v) is 6.26. The van der Waals surface area contributed by atoms with E-state index in [9.17, 15) is 0 Å². The van der Waals surface area contributed by atoms with Crippen LogP contribution in [0.4, 0.5) is 0 Å². The molecule has 0 unspecified atom stereocenters. The molecule has 14 heavy (non-hydrogen) atoms. The third-order valence-corrected chi connectivity index (χ3v) is 2.87. The van der Waals surface area contributed by atoms with Gasteiger partial charge in [-0.05, 0) is 25.4 Å². The smallest absolute Gasteiger partial charge is 0.0351 e. The summed E-state index contributed by atoms with van der Waals surface area (Å²) in [4.78, 5) is 5.06. The number of alkyl halides is 1. The van der Waals surface area contributed by atoms with Gasteiger partial charge in [0.15, 0.2) is 0 Å². The summed E-state index contributed by atoms with van der Waals surface area (Å²) in [5.74, 6) is 1.55. The minimum absolute atomic E-state index is 0.768. The molecular formula is C11H23ClN2. The molecule has 2 nitrogen and oxygen atoms in total. The second-order valence-corrected chi connectivity index (χ2v) is 4.96.